The van der Waals surface area contributed by atoms with Gasteiger partial charge in [-0.25, -0.2) is 0 Å². The highest BCUT2D eigenvalue weighted by Crippen LogP contribution is 2.26. The summed E-state index contributed by atoms with van der Waals surface area (Å²) in [6, 6.07) is 13.9. The van der Waals surface area contributed by atoms with Crippen molar-refractivity contribution in [3.05, 3.63) is 64.2 Å². The third-order valence-electron chi connectivity index (χ3n) is 4.60. The van der Waals surface area contributed by atoms with E-state index in [0.29, 0.717) is 17.3 Å². The number of piperidine rings is 1. The second-order valence-corrected chi connectivity index (χ2v) is 6.34. The summed E-state index contributed by atoms with van der Waals surface area (Å²) >= 11 is 0. The molecule has 0 aromatic heterocycles. The Balaban J connectivity index is 1.66. The lowest BCUT2D eigenvalue weighted by molar-refractivity contribution is -0.384. The van der Waals surface area contributed by atoms with Gasteiger partial charge in [0, 0.05) is 41.7 Å². The Kier molecular flexibility index (Phi) is 4.97. The molecule has 6 nitrogen and oxygen atoms in total. The van der Waals surface area contributed by atoms with Crippen molar-refractivity contribution in [1.82, 2.24) is 0 Å². The Hall–Kier alpha value is -2.89. The zero-order valence-electron chi connectivity index (χ0n) is 14.1. The lowest BCUT2D eigenvalue weighted by Crippen LogP contribution is -2.37. The topological polar surface area (TPSA) is 75.5 Å². The Labute approximate surface area is 146 Å². The Morgan fingerprint density at radius 3 is 2.40 bits per heavy atom. The normalized spacial score (nSPS) is 17.2. The van der Waals surface area contributed by atoms with Crippen molar-refractivity contribution in [2.24, 2.45) is 0 Å². The number of carbonyl (C=O) groups is 1. The summed E-state index contributed by atoms with van der Waals surface area (Å²) in [4.78, 5) is 24.8. The number of nitrogens with zero attached hydrogens (tertiary/aromatic N) is 2. The van der Waals surface area contributed by atoms with Gasteiger partial charge in [-0.15, -0.1) is 0 Å². The molecule has 1 aliphatic heterocycles. The van der Waals surface area contributed by atoms with Gasteiger partial charge in [-0.3, -0.25) is 14.9 Å². The van der Waals surface area contributed by atoms with Crippen molar-refractivity contribution in [3.8, 4) is 0 Å². The Morgan fingerprint density at radius 1 is 1.12 bits per heavy atom. The minimum atomic E-state index is -0.484. The molecule has 1 fully saturated rings. The first-order valence-corrected chi connectivity index (χ1v) is 8.47. The van der Waals surface area contributed by atoms with Crippen LogP contribution in [-0.2, 0) is 0 Å². The highest BCUT2D eigenvalue weighted by Gasteiger charge is 2.18. The fraction of sp³-hybridized carbons (Fsp3) is 0.316. The molecule has 6 heteroatoms. The van der Waals surface area contributed by atoms with Crippen molar-refractivity contribution >= 4 is 23.0 Å². The van der Waals surface area contributed by atoms with Crippen LogP contribution in [0.25, 0.3) is 0 Å². The van der Waals surface area contributed by atoms with E-state index in [0.717, 1.165) is 6.54 Å². The molecule has 2 aromatic carbocycles. The fourth-order valence-corrected chi connectivity index (χ4v) is 3.16. The Bertz CT molecular complexity index is 756. The number of rotatable bonds is 4. The predicted molar refractivity (Wildman–Crippen MR) is 98.2 cm³/mol. The minimum absolute atomic E-state index is 0.0310. The maximum Gasteiger partial charge on any atom is 0.269 e. The number of amides is 1. The number of hydrogen-bond acceptors (Lipinski definition) is 4. The first-order chi connectivity index (χ1) is 12.0. The van der Waals surface area contributed by atoms with Crippen molar-refractivity contribution in [2.45, 2.75) is 32.2 Å². The van der Waals surface area contributed by atoms with Crippen molar-refractivity contribution < 1.29 is 9.72 Å². The molecular formula is C19H21N3O3. The summed E-state index contributed by atoms with van der Waals surface area (Å²) in [7, 11) is 0. The van der Waals surface area contributed by atoms with Gasteiger partial charge in [0.05, 0.1) is 4.92 Å². The molecule has 1 aliphatic rings. The molecule has 25 heavy (non-hydrogen) atoms. The number of hydrogen-bond donors (Lipinski definition) is 1. The molecule has 1 saturated heterocycles. The smallest absolute Gasteiger partial charge is 0.269 e. The third-order valence-corrected chi connectivity index (χ3v) is 4.60. The molecule has 0 radical (unpaired) electrons. The van der Waals surface area contributed by atoms with Gasteiger partial charge in [0.15, 0.2) is 0 Å². The summed E-state index contributed by atoms with van der Waals surface area (Å²) < 4.78 is 0. The van der Waals surface area contributed by atoms with Gasteiger partial charge in [-0.1, -0.05) is 0 Å². The average Bonchev–Trinajstić information content (AvgIpc) is 2.63. The molecule has 0 saturated carbocycles. The van der Waals surface area contributed by atoms with E-state index in [2.05, 4.69) is 17.1 Å². The van der Waals surface area contributed by atoms with Crippen LogP contribution in [-0.4, -0.2) is 23.4 Å². The van der Waals surface area contributed by atoms with E-state index in [4.69, 9.17) is 0 Å². The number of nitrogens with one attached hydrogen (secondary N) is 1. The number of non-ortho nitro benzene ring substituents is 1. The highest BCUT2D eigenvalue weighted by molar-refractivity contribution is 6.04. The summed E-state index contributed by atoms with van der Waals surface area (Å²) in [6.07, 6.45) is 3.70. The summed E-state index contributed by atoms with van der Waals surface area (Å²) in [6.45, 7) is 3.30. The number of nitro benzene ring substituents is 1. The molecule has 0 bridgehead atoms. The molecule has 1 N–H and O–H groups in total. The maximum absolute atomic E-state index is 12.2. The van der Waals surface area contributed by atoms with Gasteiger partial charge in [0.2, 0.25) is 0 Å². The molecule has 0 unspecified atom stereocenters. The van der Waals surface area contributed by atoms with Crippen LogP contribution in [0.2, 0.25) is 0 Å². The molecule has 130 valence electrons. The van der Waals surface area contributed by atoms with Crippen LogP contribution in [0.5, 0.6) is 0 Å². The largest absolute Gasteiger partial charge is 0.369 e. The fourth-order valence-electron chi connectivity index (χ4n) is 3.16. The van der Waals surface area contributed by atoms with Crippen LogP contribution >= 0.6 is 0 Å². The molecule has 1 atom stereocenters. The first kappa shape index (κ1) is 17.0. The van der Waals surface area contributed by atoms with Crippen LogP contribution < -0.4 is 10.2 Å². The SMILES string of the molecule is C[C@H]1CCCCN1c1ccc(NC(=O)c2ccc([N+](=O)[O-])cc2)cc1. The van der Waals surface area contributed by atoms with Crippen LogP contribution in [0.15, 0.2) is 48.5 Å². The third kappa shape index (κ3) is 3.96. The van der Waals surface area contributed by atoms with Crippen molar-refractivity contribution in [2.75, 3.05) is 16.8 Å². The van der Waals surface area contributed by atoms with Crippen LogP contribution in [0.4, 0.5) is 17.1 Å². The van der Waals surface area contributed by atoms with E-state index in [-0.39, 0.29) is 11.6 Å². The monoisotopic (exact) mass is 339 g/mol. The minimum Gasteiger partial charge on any atom is -0.369 e. The van der Waals surface area contributed by atoms with Crippen LogP contribution in [0, 0.1) is 10.1 Å². The lowest BCUT2D eigenvalue weighted by Gasteiger charge is -2.35. The van der Waals surface area contributed by atoms with Gasteiger partial charge in [0.1, 0.15) is 0 Å². The molecule has 0 aliphatic carbocycles. The van der Waals surface area contributed by atoms with E-state index in [9.17, 15) is 14.9 Å². The standard InChI is InChI=1S/C19H21N3O3/c1-14-4-2-3-13-21(14)17-11-7-16(8-12-17)20-19(23)15-5-9-18(10-6-15)22(24)25/h5-12,14H,2-4,13H2,1H3,(H,20,23)/t14-/m0/s1. The Morgan fingerprint density at radius 2 is 1.80 bits per heavy atom. The summed E-state index contributed by atoms with van der Waals surface area (Å²) in [5.74, 6) is -0.283. The molecule has 2 aromatic rings. The van der Waals surface area contributed by atoms with Gasteiger partial charge in [-0.2, -0.15) is 0 Å². The maximum atomic E-state index is 12.2. The molecule has 0 spiro atoms. The van der Waals surface area contributed by atoms with Crippen LogP contribution in [0.1, 0.15) is 36.5 Å². The van der Waals surface area contributed by atoms with E-state index in [1.54, 1.807) is 0 Å². The van der Waals surface area contributed by atoms with Gasteiger partial charge in [-0.05, 0) is 62.6 Å². The van der Waals surface area contributed by atoms with Crippen molar-refractivity contribution in [1.29, 1.82) is 0 Å². The molecular weight excluding hydrogens is 318 g/mol. The predicted octanol–water partition coefficient (Wildman–Crippen LogP) is 4.23. The van der Waals surface area contributed by atoms with Crippen LogP contribution in [0.3, 0.4) is 0 Å². The van der Waals surface area contributed by atoms with E-state index in [1.165, 1.54) is 49.2 Å². The number of anilines is 2. The average molecular weight is 339 g/mol. The highest BCUT2D eigenvalue weighted by atomic mass is 16.6. The van der Waals surface area contributed by atoms with E-state index >= 15 is 0 Å². The summed E-state index contributed by atoms with van der Waals surface area (Å²) in [5, 5.41) is 13.5. The molecule has 3 rings (SSSR count). The van der Waals surface area contributed by atoms with Gasteiger partial charge < -0.3 is 10.2 Å². The number of carbonyl (C=O) groups excluding carboxylic acids is 1. The zero-order chi connectivity index (χ0) is 17.8. The quantitative estimate of drug-likeness (QED) is 0.668. The van der Waals surface area contributed by atoms with E-state index < -0.39 is 4.92 Å². The summed E-state index contributed by atoms with van der Waals surface area (Å²) in [5.41, 5.74) is 2.23. The van der Waals surface area contributed by atoms with Gasteiger partial charge >= 0.3 is 0 Å². The first-order valence-electron chi connectivity index (χ1n) is 8.47. The number of benzene rings is 2. The van der Waals surface area contributed by atoms with E-state index in [1.807, 2.05) is 24.3 Å². The van der Waals surface area contributed by atoms with Gasteiger partial charge in [0.25, 0.3) is 11.6 Å². The lowest BCUT2D eigenvalue weighted by atomic mass is 10.0. The second-order valence-electron chi connectivity index (χ2n) is 6.34. The molecule has 1 amide bonds. The van der Waals surface area contributed by atoms with Crippen molar-refractivity contribution in [3.63, 3.8) is 0 Å². The zero-order valence-corrected chi connectivity index (χ0v) is 14.1. The second kappa shape index (κ2) is 7.34. The number of nitro groups is 1. The molecule has 1 heterocycles.